The van der Waals surface area contributed by atoms with Crippen molar-refractivity contribution in [3.8, 4) is 11.5 Å². The van der Waals surface area contributed by atoms with Crippen molar-refractivity contribution in [2.45, 2.75) is 0 Å². The van der Waals surface area contributed by atoms with Gasteiger partial charge in [0.1, 0.15) is 17.3 Å². The number of benzene rings is 2. The maximum Gasteiger partial charge on any atom is 0.331 e. The third-order valence-electron chi connectivity index (χ3n) is 3.33. The molecule has 6 heteroatoms. The smallest absolute Gasteiger partial charge is 0.331 e. The molecule has 0 atom stereocenters. The van der Waals surface area contributed by atoms with Gasteiger partial charge in [0.25, 0.3) is 0 Å². The molecule has 0 saturated heterocycles. The molecule has 0 amide bonds. The SMILES string of the molecule is COc1ccc(OC)c(/C=C/C(=O)OCC(=O)c2cccc(F)c2)c1. The van der Waals surface area contributed by atoms with Crippen molar-refractivity contribution in [1.29, 1.82) is 0 Å². The fourth-order valence-corrected chi connectivity index (χ4v) is 2.06. The molecule has 5 nitrogen and oxygen atoms in total. The van der Waals surface area contributed by atoms with Crippen LogP contribution in [-0.2, 0) is 9.53 Å². The molecule has 0 N–H and O–H groups in total. The minimum absolute atomic E-state index is 0.145. The summed E-state index contributed by atoms with van der Waals surface area (Å²) < 4.78 is 28.3. The largest absolute Gasteiger partial charge is 0.497 e. The predicted octanol–water partition coefficient (Wildman–Crippen LogP) is 3.28. The van der Waals surface area contributed by atoms with E-state index >= 15 is 0 Å². The van der Waals surface area contributed by atoms with E-state index in [0.29, 0.717) is 17.1 Å². The van der Waals surface area contributed by atoms with Gasteiger partial charge in [0.05, 0.1) is 14.2 Å². The minimum atomic E-state index is -0.699. The second-order valence-corrected chi connectivity index (χ2v) is 4.98. The van der Waals surface area contributed by atoms with Crippen LogP contribution in [0.25, 0.3) is 6.08 Å². The van der Waals surface area contributed by atoms with Gasteiger partial charge in [0.2, 0.25) is 0 Å². The Labute approximate surface area is 144 Å². The van der Waals surface area contributed by atoms with Gasteiger partial charge in [-0.15, -0.1) is 0 Å². The Kier molecular flexibility index (Phi) is 6.28. The number of hydrogen-bond acceptors (Lipinski definition) is 5. The molecule has 0 aliphatic heterocycles. The van der Waals surface area contributed by atoms with Gasteiger partial charge in [-0.1, -0.05) is 12.1 Å². The lowest BCUT2D eigenvalue weighted by Gasteiger charge is -2.07. The van der Waals surface area contributed by atoms with Crippen LogP contribution in [0.1, 0.15) is 15.9 Å². The maximum atomic E-state index is 13.1. The first-order chi connectivity index (χ1) is 12.0. The minimum Gasteiger partial charge on any atom is -0.497 e. The zero-order chi connectivity index (χ0) is 18.2. The van der Waals surface area contributed by atoms with Gasteiger partial charge >= 0.3 is 5.97 Å². The second-order valence-electron chi connectivity index (χ2n) is 4.98. The zero-order valence-electron chi connectivity index (χ0n) is 13.8. The van der Waals surface area contributed by atoms with E-state index in [2.05, 4.69) is 0 Å². The molecule has 0 radical (unpaired) electrons. The Balaban J connectivity index is 1.98. The summed E-state index contributed by atoms with van der Waals surface area (Å²) in [5, 5.41) is 0. The van der Waals surface area contributed by atoms with Crippen molar-refractivity contribution in [3.05, 3.63) is 65.5 Å². The number of ether oxygens (including phenoxy) is 3. The average Bonchev–Trinajstić information content (AvgIpc) is 2.64. The summed E-state index contributed by atoms with van der Waals surface area (Å²) in [5.41, 5.74) is 0.765. The first kappa shape index (κ1) is 18.2. The van der Waals surface area contributed by atoms with Crippen LogP contribution in [0.4, 0.5) is 4.39 Å². The van der Waals surface area contributed by atoms with E-state index in [4.69, 9.17) is 14.2 Å². The molecule has 0 fully saturated rings. The first-order valence-corrected chi connectivity index (χ1v) is 7.39. The van der Waals surface area contributed by atoms with Gasteiger partial charge in [-0.05, 0) is 36.4 Å². The number of Topliss-reactive ketones (excluding diaryl/α,β-unsaturated/α-hetero) is 1. The summed E-state index contributed by atoms with van der Waals surface area (Å²) in [4.78, 5) is 23.6. The van der Waals surface area contributed by atoms with E-state index in [1.165, 1.54) is 44.6 Å². The molecule has 0 heterocycles. The van der Waals surface area contributed by atoms with E-state index < -0.39 is 24.2 Å². The number of halogens is 1. The maximum absolute atomic E-state index is 13.1. The third-order valence-corrected chi connectivity index (χ3v) is 3.33. The predicted molar refractivity (Wildman–Crippen MR) is 90.3 cm³/mol. The fourth-order valence-electron chi connectivity index (χ4n) is 2.06. The highest BCUT2D eigenvalue weighted by molar-refractivity contribution is 5.98. The van der Waals surface area contributed by atoms with Crippen LogP contribution in [0.3, 0.4) is 0 Å². The Hall–Kier alpha value is -3.15. The van der Waals surface area contributed by atoms with E-state index in [1.807, 2.05) is 0 Å². The summed E-state index contributed by atoms with van der Waals surface area (Å²) >= 11 is 0. The highest BCUT2D eigenvalue weighted by Crippen LogP contribution is 2.25. The molecule has 0 unspecified atom stereocenters. The molecule has 0 aromatic heterocycles. The van der Waals surface area contributed by atoms with Crippen LogP contribution >= 0.6 is 0 Å². The molecule has 2 aromatic carbocycles. The van der Waals surface area contributed by atoms with Gasteiger partial charge < -0.3 is 14.2 Å². The van der Waals surface area contributed by atoms with E-state index in [0.717, 1.165) is 6.07 Å². The van der Waals surface area contributed by atoms with E-state index in [9.17, 15) is 14.0 Å². The Morgan fingerprint density at radius 1 is 1.08 bits per heavy atom. The number of carbonyl (C=O) groups excluding carboxylic acids is 2. The van der Waals surface area contributed by atoms with Gasteiger partial charge in [-0.25, -0.2) is 9.18 Å². The molecule has 2 aromatic rings. The lowest BCUT2D eigenvalue weighted by Crippen LogP contribution is -2.12. The summed E-state index contributed by atoms with van der Waals surface area (Å²) in [6.07, 6.45) is 2.67. The molecular formula is C19H17FO5. The molecule has 0 bridgehead atoms. The lowest BCUT2D eigenvalue weighted by molar-refractivity contribution is -0.136. The molecule has 2 rings (SSSR count). The van der Waals surface area contributed by atoms with Crippen LogP contribution in [0.15, 0.2) is 48.5 Å². The molecule has 0 aliphatic carbocycles. The van der Waals surface area contributed by atoms with Crippen LogP contribution in [0, 0.1) is 5.82 Å². The average molecular weight is 344 g/mol. The highest BCUT2D eigenvalue weighted by atomic mass is 19.1. The van der Waals surface area contributed by atoms with Crippen LogP contribution in [-0.4, -0.2) is 32.6 Å². The second kappa shape index (κ2) is 8.63. The highest BCUT2D eigenvalue weighted by Gasteiger charge is 2.09. The molecule has 25 heavy (non-hydrogen) atoms. The monoisotopic (exact) mass is 344 g/mol. The molecule has 0 aliphatic rings. The zero-order valence-corrected chi connectivity index (χ0v) is 13.8. The normalized spacial score (nSPS) is 10.5. The van der Waals surface area contributed by atoms with E-state index in [-0.39, 0.29) is 5.56 Å². The van der Waals surface area contributed by atoms with Gasteiger partial charge in [0, 0.05) is 17.2 Å². The van der Waals surface area contributed by atoms with Crippen molar-refractivity contribution in [2.24, 2.45) is 0 Å². The Morgan fingerprint density at radius 3 is 2.56 bits per heavy atom. The topological polar surface area (TPSA) is 61.8 Å². The van der Waals surface area contributed by atoms with Crippen molar-refractivity contribution in [2.75, 3.05) is 20.8 Å². The van der Waals surface area contributed by atoms with Crippen molar-refractivity contribution < 1.29 is 28.2 Å². The molecule has 0 saturated carbocycles. The van der Waals surface area contributed by atoms with Gasteiger partial charge in [-0.2, -0.15) is 0 Å². The summed E-state index contributed by atoms with van der Waals surface area (Å²) in [6.45, 7) is -0.470. The quantitative estimate of drug-likeness (QED) is 0.438. The number of rotatable bonds is 7. The van der Waals surface area contributed by atoms with E-state index in [1.54, 1.807) is 18.2 Å². The summed E-state index contributed by atoms with van der Waals surface area (Å²) in [5.74, 6) is -0.548. The van der Waals surface area contributed by atoms with Gasteiger partial charge in [0.15, 0.2) is 12.4 Å². The molecular weight excluding hydrogens is 327 g/mol. The lowest BCUT2D eigenvalue weighted by atomic mass is 10.1. The van der Waals surface area contributed by atoms with Crippen LogP contribution in [0.5, 0.6) is 11.5 Å². The Morgan fingerprint density at radius 2 is 1.88 bits per heavy atom. The Bertz CT molecular complexity index is 798. The molecule has 0 spiro atoms. The van der Waals surface area contributed by atoms with Crippen molar-refractivity contribution in [1.82, 2.24) is 0 Å². The van der Waals surface area contributed by atoms with Gasteiger partial charge in [-0.3, -0.25) is 4.79 Å². The first-order valence-electron chi connectivity index (χ1n) is 7.39. The summed E-state index contributed by atoms with van der Waals surface area (Å²) in [6, 6.07) is 10.3. The number of methoxy groups -OCH3 is 2. The van der Waals surface area contributed by atoms with Crippen molar-refractivity contribution in [3.63, 3.8) is 0 Å². The number of hydrogen-bond donors (Lipinski definition) is 0. The fraction of sp³-hybridized carbons (Fsp3) is 0.158. The molecule has 130 valence electrons. The summed E-state index contributed by atoms with van der Waals surface area (Å²) in [7, 11) is 3.04. The number of carbonyl (C=O) groups is 2. The third kappa shape index (κ3) is 5.17. The number of esters is 1. The van der Waals surface area contributed by atoms with Crippen LogP contribution < -0.4 is 9.47 Å². The standard InChI is InChI=1S/C19H17FO5/c1-23-16-7-8-18(24-2)14(11-16)6-9-19(22)25-12-17(21)13-4-3-5-15(20)10-13/h3-11H,12H2,1-2H3/b9-6+. The van der Waals surface area contributed by atoms with Crippen LogP contribution in [0.2, 0.25) is 0 Å². The number of ketones is 1. The van der Waals surface area contributed by atoms with Crippen molar-refractivity contribution >= 4 is 17.8 Å².